The van der Waals surface area contributed by atoms with Gasteiger partial charge in [0.15, 0.2) is 5.78 Å². The number of hydrogen-bond acceptors (Lipinski definition) is 7. The Labute approximate surface area is 194 Å². The topological polar surface area (TPSA) is 68.7 Å². The Balaban J connectivity index is 1.82. The molecule has 0 fully saturated rings. The van der Waals surface area contributed by atoms with Crippen molar-refractivity contribution in [1.82, 2.24) is 9.88 Å². The van der Waals surface area contributed by atoms with Gasteiger partial charge in [-0.2, -0.15) is 0 Å². The van der Waals surface area contributed by atoms with Crippen molar-refractivity contribution in [2.45, 2.75) is 45.7 Å². The Morgan fingerprint density at radius 1 is 1.35 bits per heavy atom. The predicted octanol–water partition coefficient (Wildman–Crippen LogP) is 4.92. The molecule has 0 saturated carbocycles. The molecule has 0 saturated heterocycles. The Hall–Kier alpha value is -2.19. The summed E-state index contributed by atoms with van der Waals surface area (Å²) in [6.07, 6.45) is 4.57. The number of thiazole rings is 1. The summed E-state index contributed by atoms with van der Waals surface area (Å²) in [5.74, 6) is 0.350. The number of fused-ring (bicyclic) bond motifs is 3. The van der Waals surface area contributed by atoms with E-state index < -0.39 is 5.97 Å². The van der Waals surface area contributed by atoms with Crippen LogP contribution in [0.3, 0.4) is 0 Å². The molecule has 2 aromatic rings. The highest BCUT2D eigenvalue weighted by Crippen LogP contribution is 2.46. The van der Waals surface area contributed by atoms with Crippen LogP contribution in [0.4, 0.5) is 0 Å². The van der Waals surface area contributed by atoms with E-state index in [2.05, 4.69) is 45.7 Å². The molecule has 0 N–H and O–H groups in total. The molecule has 8 heteroatoms. The van der Waals surface area contributed by atoms with Gasteiger partial charge in [0.25, 0.3) is 0 Å². The molecule has 0 spiro atoms. The fraction of sp³-hybridized carbons (Fsp3) is 0.435. The van der Waals surface area contributed by atoms with Crippen LogP contribution < -0.4 is 4.74 Å². The number of hydrogen-bond donors (Lipinski definition) is 0. The molecule has 3 heterocycles. The van der Waals surface area contributed by atoms with Gasteiger partial charge in [0.05, 0.1) is 35.3 Å². The number of ketones is 1. The van der Waals surface area contributed by atoms with Crippen molar-refractivity contribution in [3.63, 3.8) is 0 Å². The van der Waals surface area contributed by atoms with Crippen LogP contribution in [-0.4, -0.2) is 41.4 Å². The molecule has 31 heavy (non-hydrogen) atoms. The smallest absolute Gasteiger partial charge is 0.343 e. The number of esters is 1. The number of aromatic nitrogens is 1. The lowest BCUT2D eigenvalue weighted by Gasteiger charge is -2.46. The third kappa shape index (κ3) is 4.03. The summed E-state index contributed by atoms with van der Waals surface area (Å²) in [5.41, 5.74) is 3.37. The molecular formula is C23H25BrN2O4S. The first-order valence-electron chi connectivity index (χ1n) is 10.4. The number of carbonyl (C=O) groups is 2. The van der Waals surface area contributed by atoms with Crippen LogP contribution in [0.15, 0.2) is 33.9 Å². The second-order valence-electron chi connectivity index (χ2n) is 8.09. The highest BCUT2D eigenvalue weighted by atomic mass is 79.9. The van der Waals surface area contributed by atoms with Gasteiger partial charge >= 0.3 is 5.97 Å². The number of Topliss-reactive ketones (excluding diaryl/α,β-unsaturated/α-hetero) is 1. The Morgan fingerprint density at radius 2 is 2.13 bits per heavy atom. The Morgan fingerprint density at radius 3 is 2.74 bits per heavy atom. The second-order valence-corrected chi connectivity index (χ2v) is 10.5. The van der Waals surface area contributed by atoms with Crippen LogP contribution in [-0.2, 0) is 20.7 Å². The van der Waals surface area contributed by atoms with Gasteiger partial charge in [-0.3, -0.25) is 4.79 Å². The molecule has 2 aliphatic heterocycles. The summed E-state index contributed by atoms with van der Waals surface area (Å²) < 4.78 is 11.8. The molecule has 2 atom stereocenters. The molecule has 6 nitrogen and oxygen atoms in total. The number of rotatable bonds is 5. The number of halogens is 1. The average Bonchev–Trinajstić information content (AvgIpc) is 3.17. The van der Waals surface area contributed by atoms with E-state index in [0.717, 1.165) is 32.1 Å². The first kappa shape index (κ1) is 22.0. The number of nitrogens with zero attached hydrogens (tertiary/aromatic N) is 2. The summed E-state index contributed by atoms with van der Waals surface area (Å²) in [6, 6.07) is 4.22. The van der Waals surface area contributed by atoms with Gasteiger partial charge in [-0.15, -0.1) is 11.3 Å². The van der Waals surface area contributed by atoms with Gasteiger partial charge in [-0.1, -0.05) is 13.8 Å². The van der Waals surface area contributed by atoms with E-state index in [1.54, 1.807) is 37.8 Å². The van der Waals surface area contributed by atoms with Crippen LogP contribution in [0.2, 0.25) is 0 Å². The molecule has 0 aliphatic carbocycles. The van der Waals surface area contributed by atoms with Crippen molar-refractivity contribution in [1.29, 1.82) is 0 Å². The molecule has 0 bridgehead atoms. The number of carbonyl (C=O) groups excluding carboxylic acids is 2. The van der Waals surface area contributed by atoms with Gasteiger partial charge < -0.3 is 14.4 Å². The molecule has 164 valence electrons. The van der Waals surface area contributed by atoms with E-state index in [0.29, 0.717) is 5.92 Å². The largest absolute Gasteiger partial charge is 0.496 e. The fourth-order valence-electron chi connectivity index (χ4n) is 4.43. The third-order valence-corrected chi connectivity index (χ3v) is 7.43. The van der Waals surface area contributed by atoms with Crippen molar-refractivity contribution in [2.24, 2.45) is 5.92 Å². The second kappa shape index (κ2) is 8.74. The highest BCUT2D eigenvalue weighted by Gasteiger charge is 2.41. The van der Waals surface area contributed by atoms with Gasteiger partial charge in [0.1, 0.15) is 16.3 Å². The maximum atomic E-state index is 12.9. The first-order valence-corrected chi connectivity index (χ1v) is 12.0. The third-order valence-electron chi connectivity index (χ3n) is 5.92. The average molecular weight is 505 g/mol. The summed E-state index contributed by atoms with van der Waals surface area (Å²) in [6.45, 7) is 6.33. The molecule has 0 radical (unpaired) electrons. The zero-order chi connectivity index (χ0) is 22.3. The van der Waals surface area contributed by atoms with E-state index in [-0.39, 0.29) is 36.5 Å². The maximum absolute atomic E-state index is 12.9. The molecule has 2 unspecified atom stereocenters. The quantitative estimate of drug-likeness (QED) is 0.424. The van der Waals surface area contributed by atoms with Crippen molar-refractivity contribution in [3.05, 3.63) is 45.0 Å². The summed E-state index contributed by atoms with van der Waals surface area (Å²) >= 11 is 5.05. The number of benzene rings is 1. The van der Waals surface area contributed by atoms with Gasteiger partial charge in [0, 0.05) is 18.7 Å². The lowest BCUT2D eigenvalue weighted by molar-refractivity contribution is -0.140. The molecule has 4 rings (SSSR count). The minimum atomic E-state index is -0.540. The van der Waals surface area contributed by atoms with Crippen molar-refractivity contribution in [3.8, 4) is 16.3 Å². The Bertz CT molecular complexity index is 1060. The lowest BCUT2D eigenvalue weighted by Crippen LogP contribution is -2.47. The molecule has 0 amide bonds. The predicted molar refractivity (Wildman–Crippen MR) is 123 cm³/mol. The van der Waals surface area contributed by atoms with Crippen molar-refractivity contribution in [2.75, 3.05) is 13.7 Å². The van der Waals surface area contributed by atoms with Crippen LogP contribution in [0, 0.1) is 5.92 Å². The van der Waals surface area contributed by atoms with Gasteiger partial charge in [0.2, 0.25) is 0 Å². The standard InChI is InChI=1S/C23H25BrN2O4S/c1-5-30-23(28)16-11-26-17(12(2)3)7-13-6-15(22-25-10-21(24)31-22)20(29-4)8-14(13)18(26)9-19(16)27/h6,8,10-12,17-18H,5,7,9H2,1-4H3. The van der Waals surface area contributed by atoms with Crippen LogP contribution in [0.5, 0.6) is 5.75 Å². The summed E-state index contributed by atoms with van der Waals surface area (Å²) in [4.78, 5) is 31.9. The van der Waals surface area contributed by atoms with E-state index in [1.807, 2.05) is 6.07 Å². The SMILES string of the molecule is CCOC(=O)C1=CN2C(CC1=O)c1cc(OC)c(-c3ncc(Br)s3)cc1CC2C(C)C. The zero-order valence-electron chi connectivity index (χ0n) is 18.0. The van der Waals surface area contributed by atoms with Gasteiger partial charge in [-0.25, -0.2) is 9.78 Å². The van der Waals surface area contributed by atoms with Crippen LogP contribution in [0.25, 0.3) is 10.6 Å². The molecule has 2 aliphatic rings. The van der Waals surface area contributed by atoms with Crippen LogP contribution >= 0.6 is 27.3 Å². The van der Waals surface area contributed by atoms with Crippen LogP contribution in [0.1, 0.15) is 44.4 Å². The highest BCUT2D eigenvalue weighted by molar-refractivity contribution is 9.11. The van der Waals surface area contributed by atoms with E-state index in [1.165, 1.54) is 5.56 Å². The normalized spacial score (nSPS) is 20.3. The molecule has 1 aromatic heterocycles. The van der Waals surface area contributed by atoms with Crippen molar-refractivity contribution < 1.29 is 19.1 Å². The molecule has 1 aromatic carbocycles. The monoisotopic (exact) mass is 504 g/mol. The number of ether oxygens (including phenoxy) is 2. The van der Waals surface area contributed by atoms with E-state index in [4.69, 9.17) is 9.47 Å². The molecular weight excluding hydrogens is 480 g/mol. The summed E-state index contributed by atoms with van der Waals surface area (Å²) in [7, 11) is 1.65. The number of methoxy groups -OCH3 is 1. The van der Waals surface area contributed by atoms with E-state index in [9.17, 15) is 9.59 Å². The Kier molecular flexibility index (Phi) is 6.21. The first-order chi connectivity index (χ1) is 14.8. The summed E-state index contributed by atoms with van der Waals surface area (Å²) in [5, 5.41) is 0.888. The zero-order valence-corrected chi connectivity index (χ0v) is 20.4. The van der Waals surface area contributed by atoms with Gasteiger partial charge in [-0.05, 0) is 58.5 Å². The van der Waals surface area contributed by atoms with E-state index >= 15 is 0 Å². The van der Waals surface area contributed by atoms with Crippen molar-refractivity contribution >= 4 is 39.0 Å². The lowest BCUT2D eigenvalue weighted by atomic mass is 9.79. The minimum Gasteiger partial charge on any atom is -0.496 e. The maximum Gasteiger partial charge on any atom is 0.343 e. The fourth-order valence-corrected chi connectivity index (χ4v) is 5.66. The minimum absolute atomic E-state index is 0.132.